The average Bonchev–Trinajstić information content (AvgIpc) is 2.61. The summed E-state index contributed by atoms with van der Waals surface area (Å²) < 4.78 is 6.91. The van der Waals surface area contributed by atoms with Crippen molar-refractivity contribution in [1.29, 1.82) is 0 Å². The highest BCUT2D eigenvalue weighted by atomic mass is 35.5. The van der Waals surface area contributed by atoms with Gasteiger partial charge in [-0.2, -0.15) is 14.9 Å². The molecule has 2 aromatic carbocycles. The van der Waals surface area contributed by atoms with E-state index in [0.29, 0.717) is 22.4 Å². The van der Waals surface area contributed by atoms with Crippen LogP contribution in [0.15, 0.2) is 58.6 Å². The lowest BCUT2D eigenvalue weighted by molar-refractivity contribution is 0.306. The van der Waals surface area contributed by atoms with Crippen molar-refractivity contribution in [1.82, 2.24) is 14.9 Å². The van der Waals surface area contributed by atoms with Gasteiger partial charge in [0, 0.05) is 15.6 Å². The number of ether oxygens (including phenoxy) is 1. The third-order valence-corrected chi connectivity index (χ3v) is 4.18. The van der Waals surface area contributed by atoms with Gasteiger partial charge < -0.3 is 4.74 Å². The molecule has 0 saturated heterocycles. The van der Waals surface area contributed by atoms with Gasteiger partial charge >= 0.3 is 0 Å². The standard InChI is InChI=1S/C17H12Cl2N4O2S/c18-13-5-4-12(15(19)7-13)10-25-14-3-1-2-11(6-14)8-21-23-16(24)9-20-22-17(23)26/h1-9H,10H2,(H,22,26). The van der Waals surface area contributed by atoms with Gasteiger partial charge in [-0.25, -0.2) is 0 Å². The number of aromatic amines is 1. The van der Waals surface area contributed by atoms with Crippen molar-refractivity contribution in [3.63, 3.8) is 0 Å². The van der Waals surface area contributed by atoms with Crippen LogP contribution in [0.25, 0.3) is 0 Å². The van der Waals surface area contributed by atoms with Gasteiger partial charge in [0.05, 0.1) is 6.21 Å². The first kappa shape index (κ1) is 18.3. The Morgan fingerprint density at radius 1 is 1.27 bits per heavy atom. The molecular weight excluding hydrogens is 395 g/mol. The summed E-state index contributed by atoms with van der Waals surface area (Å²) >= 11 is 17.0. The van der Waals surface area contributed by atoms with Crippen LogP contribution in [0.4, 0.5) is 0 Å². The van der Waals surface area contributed by atoms with Crippen molar-refractivity contribution in [3.05, 3.63) is 85.0 Å². The molecule has 132 valence electrons. The zero-order valence-electron chi connectivity index (χ0n) is 13.2. The molecule has 0 amide bonds. The molecule has 9 heteroatoms. The van der Waals surface area contributed by atoms with E-state index in [4.69, 9.17) is 40.2 Å². The fraction of sp³-hybridized carbons (Fsp3) is 0.0588. The molecule has 0 aliphatic heterocycles. The third kappa shape index (κ3) is 4.57. The minimum absolute atomic E-state index is 0.110. The molecule has 0 saturated carbocycles. The monoisotopic (exact) mass is 406 g/mol. The molecule has 0 fully saturated rings. The predicted octanol–water partition coefficient (Wildman–Crippen LogP) is 4.07. The SMILES string of the molecule is O=c1cn[nH]c(=S)n1N=Cc1cccc(OCc2ccc(Cl)cc2Cl)c1. The topological polar surface area (TPSA) is 72.3 Å². The van der Waals surface area contributed by atoms with E-state index >= 15 is 0 Å². The number of nitrogens with zero attached hydrogens (tertiary/aromatic N) is 3. The lowest BCUT2D eigenvalue weighted by Gasteiger charge is -2.08. The predicted molar refractivity (Wildman–Crippen MR) is 104 cm³/mol. The van der Waals surface area contributed by atoms with E-state index in [1.54, 1.807) is 18.2 Å². The highest BCUT2D eigenvalue weighted by Gasteiger charge is 2.03. The van der Waals surface area contributed by atoms with Crippen LogP contribution in [0.3, 0.4) is 0 Å². The van der Waals surface area contributed by atoms with Crippen molar-refractivity contribution in [3.8, 4) is 5.75 Å². The van der Waals surface area contributed by atoms with Crippen LogP contribution in [-0.4, -0.2) is 21.1 Å². The first-order valence-electron chi connectivity index (χ1n) is 7.41. The Hall–Kier alpha value is -2.48. The van der Waals surface area contributed by atoms with E-state index in [9.17, 15) is 4.79 Å². The zero-order valence-corrected chi connectivity index (χ0v) is 15.6. The quantitative estimate of drug-likeness (QED) is 0.511. The first-order chi connectivity index (χ1) is 12.5. The van der Waals surface area contributed by atoms with Gasteiger partial charge in [-0.05, 0) is 42.0 Å². The Balaban J connectivity index is 1.75. The molecule has 3 aromatic rings. The van der Waals surface area contributed by atoms with Gasteiger partial charge in [0.25, 0.3) is 5.56 Å². The summed E-state index contributed by atoms with van der Waals surface area (Å²) in [5, 5.41) is 11.3. The first-order valence-corrected chi connectivity index (χ1v) is 8.57. The van der Waals surface area contributed by atoms with Crippen LogP contribution in [-0.2, 0) is 6.61 Å². The Kier molecular flexibility index (Phi) is 5.82. The molecule has 0 bridgehead atoms. The zero-order chi connectivity index (χ0) is 18.5. The Morgan fingerprint density at radius 2 is 2.12 bits per heavy atom. The van der Waals surface area contributed by atoms with Gasteiger partial charge in [0.15, 0.2) is 0 Å². The molecule has 1 heterocycles. The maximum atomic E-state index is 11.7. The third-order valence-electron chi connectivity index (χ3n) is 3.33. The van der Waals surface area contributed by atoms with Crippen LogP contribution in [0.5, 0.6) is 5.75 Å². The number of benzene rings is 2. The Bertz CT molecular complexity index is 1050. The van der Waals surface area contributed by atoms with Gasteiger partial charge in [-0.15, -0.1) is 0 Å². The van der Waals surface area contributed by atoms with Crippen LogP contribution in [0, 0.1) is 4.77 Å². The molecule has 0 radical (unpaired) electrons. The average molecular weight is 407 g/mol. The molecular formula is C17H12Cl2N4O2S. The number of hydrogen-bond donors (Lipinski definition) is 1. The summed E-state index contributed by atoms with van der Waals surface area (Å²) in [7, 11) is 0. The summed E-state index contributed by atoms with van der Waals surface area (Å²) in [5.41, 5.74) is 1.14. The largest absolute Gasteiger partial charge is 0.489 e. The molecule has 0 aliphatic carbocycles. The van der Waals surface area contributed by atoms with Crippen LogP contribution >= 0.6 is 35.4 Å². The second-order valence-corrected chi connectivity index (χ2v) is 6.40. The minimum Gasteiger partial charge on any atom is -0.489 e. The molecule has 3 rings (SSSR count). The minimum atomic E-state index is -0.421. The molecule has 1 aromatic heterocycles. The molecule has 0 unspecified atom stereocenters. The Labute approximate surface area is 163 Å². The number of H-pyrrole nitrogens is 1. The lowest BCUT2D eigenvalue weighted by atomic mass is 10.2. The molecule has 0 spiro atoms. The molecule has 26 heavy (non-hydrogen) atoms. The highest BCUT2D eigenvalue weighted by molar-refractivity contribution is 7.71. The van der Waals surface area contributed by atoms with Gasteiger partial charge in [-0.1, -0.05) is 41.4 Å². The van der Waals surface area contributed by atoms with E-state index in [0.717, 1.165) is 22.0 Å². The van der Waals surface area contributed by atoms with Crippen LogP contribution in [0.1, 0.15) is 11.1 Å². The van der Waals surface area contributed by atoms with E-state index in [-0.39, 0.29) is 4.77 Å². The highest BCUT2D eigenvalue weighted by Crippen LogP contribution is 2.23. The molecule has 0 aliphatic rings. The van der Waals surface area contributed by atoms with Gasteiger partial charge in [-0.3, -0.25) is 9.89 Å². The fourth-order valence-electron chi connectivity index (χ4n) is 2.06. The normalized spacial score (nSPS) is 11.0. The van der Waals surface area contributed by atoms with Gasteiger partial charge in [0.1, 0.15) is 18.6 Å². The molecule has 1 N–H and O–H groups in total. The number of aromatic nitrogens is 3. The smallest absolute Gasteiger partial charge is 0.293 e. The van der Waals surface area contributed by atoms with Crippen molar-refractivity contribution >= 4 is 41.6 Å². The summed E-state index contributed by atoms with van der Waals surface area (Å²) in [6, 6.07) is 12.5. The number of hydrogen-bond acceptors (Lipinski definition) is 5. The van der Waals surface area contributed by atoms with Crippen molar-refractivity contribution in [2.45, 2.75) is 6.61 Å². The van der Waals surface area contributed by atoms with Crippen molar-refractivity contribution in [2.75, 3.05) is 0 Å². The van der Waals surface area contributed by atoms with Gasteiger partial charge in [0.2, 0.25) is 4.77 Å². The van der Waals surface area contributed by atoms with E-state index in [1.165, 1.54) is 6.21 Å². The maximum absolute atomic E-state index is 11.7. The summed E-state index contributed by atoms with van der Waals surface area (Å²) in [6.07, 6.45) is 2.61. The Morgan fingerprint density at radius 3 is 2.88 bits per heavy atom. The van der Waals surface area contributed by atoms with Crippen LogP contribution < -0.4 is 10.3 Å². The number of nitrogens with one attached hydrogen (secondary N) is 1. The second-order valence-electron chi connectivity index (χ2n) is 5.17. The number of halogens is 2. The molecule has 6 nitrogen and oxygen atoms in total. The summed E-state index contributed by atoms with van der Waals surface area (Å²) in [5.74, 6) is 0.632. The lowest BCUT2D eigenvalue weighted by Crippen LogP contribution is -2.18. The summed E-state index contributed by atoms with van der Waals surface area (Å²) in [6.45, 7) is 0.297. The molecule has 0 atom stereocenters. The van der Waals surface area contributed by atoms with E-state index in [2.05, 4.69) is 15.3 Å². The number of rotatable bonds is 5. The van der Waals surface area contributed by atoms with E-state index < -0.39 is 5.56 Å². The van der Waals surface area contributed by atoms with Crippen molar-refractivity contribution < 1.29 is 4.74 Å². The van der Waals surface area contributed by atoms with E-state index in [1.807, 2.05) is 24.3 Å². The fourth-order valence-corrected chi connectivity index (χ4v) is 2.72. The second kappa shape index (κ2) is 8.27. The summed E-state index contributed by atoms with van der Waals surface area (Å²) in [4.78, 5) is 11.7. The van der Waals surface area contributed by atoms with Crippen molar-refractivity contribution in [2.24, 2.45) is 5.10 Å². The van der Waals surface area contributed by atoms with Crippen LogP contribution in [0.2, 0.25) is 10.0 Å². The maximum Gasteiger partial charge on any atom is 0.293 e.